The van der Waals surface area contributed by atoms with Gasteiger partial charge in [0, 0.05) is 5.54 Å². The van der Waals surface area contributed by atoms with Crippen LogP contribution in [0.25, 0.3) is 0 Å². The molecular formula is C13H27NO. The number of nitrogens with two attached hydrogens (primary N) is 1. The van der Waals surface area contributed by atoms with E-state index < -0.39 is 11.1 Å². The van der Waals surface area contributed by atoms with Crippen molar-refractivity contribution in [3.05, 3.63) is 0 Å². The molecule has 0 aliphatic heterocycles. The van der Waals surface area contributed by atoms with Crippen molar-refractivity contribution in [2.75, 3.05) is 0 Å². The van der Waals surface area contributed by atoms with Gasteiger partial charge in [0.2, 0.25) is 0 Å². The lowest BCUT2D eigenvalue weighted by Gasteiger charge is -2.54. The first-order valence-corrected chi connectivity index (χ1v) is 5.88. The summed E-state index contributed by atoms with van der Waals surface area (Å²) in [6, 6.07) is 0. The van der Waals surface area contributed by atoms with Gasteiger partial charge in [0.25, 0.3) is 0 Å². The lowest BCUT2D eigenvalue weighted by Crippen LogP contribution is -2.62. The maximum Gasteiger partial charge on any atom is 0.0831 e. The Bertz CT molecular complexity index is 232. The summed E-state index contributed by atoms with van der Waals surface area (Å²) in [5.41, 5.74) is 5.22. The Kier molecular flexibility index (Phi) is 2.78. The van der Waals surface area contributed by atoms with E-state index in [-0.39, 0.29) is 10.8 Å². The number of hydrogen-bond acceptors (Lipinski definition) is 2. The average Bonchev–Trinajstić information content (AvgIpc) is 1.72. The van der Waals surface area contributed by atoms with Crippen molar-refractivity contribution in [3.63, 3.8) is 0 Å². The molecule has 2 heteroatoms. The summed E-state index contributed by atoms with van der Waals surface area (Å²) in [7, 11) is 0. The standard InChI is InChI=1S/C13H27NO/c1-10(2)7-11(3,4)9-13(15,8-10)12(5,6)14/h15H,7-9,14H2,1-6H3. The molecule has 0 radical (unpaired) electrons. The minimum Gasteiger partial charge on any atom is -0.388 e. The lowest BCUT2D eigenvalue weighted by atomic mass is 9.56. The number of hydrogen-bond donors (Lipinski definition) is 2. The lowest BCUT2D eigenvalue weighted by molar-refractivity contribution is -0.123. The van der Waals surface area contributed by atoms with E-state index in [9.17, 15) is 5.11 Å². The van der Waals surface area contributed by atoms with Crippen LogP contribution < -0.4 is 5.73 Å². The summed E-state index contributed by atoms with van der Waals surface area (Å²) in [5, 5.41) is 10.8. The van der Waals surface area contributed by atoms with Crippen LogP contribution in [0.1, 0.15) is 60.8 Å². The first-order chi connectivity index (χ1) is 6.37. The smallest absolute Gasteiger partial charge is 0.0831 e. The Morgan fingerprint density at radius 1 is 0.933 bits per heavy atom. The van der Waals surface area contributed by atoms with Crippen LogP contribution in [-0.2, 0) is 0 Å². The van der Waals surface area contributed by atoms with Gasteiger partial charge in [0.1, 0.15) is 0 Å². The number of rotatable bonds is 1. The maximum absolute atomic E-state index is 10.8. The Balaban J connectivity index is 3.03. The first-order valence-electron chi connectivity index (χ1n) is 5.88. The zero-order valence-electron chi connectivity index (χ0n) is 11.1. The second kappa shape index (κ2) is 3.21. The van der Waals surface area contributed by atoms with Crippen LogP contribution in [-0.4, -0.2) is 16.2 Å². The molecule has 0 aromatic heterocycles. The summed E-state index contributed by atoms with van der Waals surface area (Å²) < 4.78 is 0. The summed E-state index contributed by atoms with van der Waals surface area (Å²) >= 11 is 0. The zero-order chi connectivity index (χ0) is 12.1. The molecule has 0 aromatic carbocycles. The molecule has 90 valence electrons. The van der Waals surface area contributed by atoms with E-state index in [1.807, 2.05) is 13.8 Å². The highest BCUT2D eigenvalue weighted by atomic mass is 16.3. The summed E-state index contributed by atoms with van der Waals surface area (Å²) in [6.07, 6.45) is 2.75. The van der Waals surface area contributed by atoms with Crippen molar-refractivity contribution >= 4 is 0 Å². The van der Waals surface area contributed by atoms with Gasteiger partial charge in [-0.3, -0.25) is 0 Å². The van der Waals surface area contributed by atoms with Crippen LogP contribution in [0.4, 0.5) is 0 Å². The molecule has 1 aliphatic rings. The number of aliphatic hydroxyl groups is 1. The first kappa shape index (κ1) is 13.0. The molecule has 0 amide bonds. The van der Waals surface area contributed by atoms with Gasteiger partial charge < -0.3 is 10.8 Å². The van der Waals surface area contributed by atoms with Gasteiger partial charge in [-0.1, -0.05) is 27.7 Å². The van der Waals surface area contributed by atoms with E-state index in [0.717, 1.165) is 19.3 Å². The van der Waals surface area contributed by atoms with Gasteiger partial charge in [-0.05, 0) is 43.9 Å². The normalized spacial score (nSPS) is 28.8. The summed E-state index contributed by atoms with van der Waals surface area (Å²) in [6.45, 7) is 12.8. The third-order valence-corrected chi connectivity index (χ3v) is 3.70. The summed E-state index contributed by atoms with van der Waals surface area (Å²) in [4.78, 5) is 0. The molecule has 0 spiro atoms. The van der Waals surface area contributed by atoms with E-state index >= 15 is 0 Å². The zero-order valence-corrected chi connectivity index (χ0v) is 11.1. The van der Waals surface area contributed by atoms with E-state index in [2.05, 4.69) is 27.7 Å². The van der Waals surface area contributed by atoms with Gasteiger partial charge >= 0.3 is 0 Å². The van der Waals surface area contributed by atoms with Gasteiger partial charge in [0.15, 0.2) is 0 Å². The predicted molar refractivity (Wildman–Crippen MR) is 64.6 cm³/mol. The SMILES string of the molecule is CC1(C)CC(C)(C)CC(O)(C(C)(C)N)C1. The summed E-state index contributed by atoms with van der Waals surface area (Å²) in [5.74, 6) is 0. The largest absolute Gasteiger partial charge is 0.388 e. The second-order valence-corrected chi connectivity index (χ2v) is 7.61. The minimum absolute atomic E-state index is 0.174. The average molecular weight is 213 g/mol. The Hall–Kier alpha value is -0.0800. The molecule has 0 heterocycles. The fourth-order valence-electron chi connectivity index (χ4n) is 3.52. The van der Waals surface area contributed by atoms with Crippen molar-refractivity contribution in [3.8, 4) is 0 Å². The minimum atomic E-state index is -0.738. The molecular weight excluding hydrogens is 186 g/mol. The van der Waals surface area contributed by atoms with Gasteiger partial charge in [-0.25, -0.2) is 0 Å². The molecule has 1 aliphatic carbocycles. The van der Waals surface area contributed by atoms with E-state index in [4.69, 9.17) is 5.73 Å². The van der Waals surface area contributed by atoms with Crippen LogP contribution in [0.2, 0.25) is 0 Å². The molecule has 0 unspecified atom stereocenters. The fraction of sp³-hybridized carbons (Fsp3) is 1.00. The maximum atomic E-state index is 10.8. The van der Waals surface area contributed by atoms with E-state index in [1.165, 1.54) is 0 Å². The molecule has 2 nitrogen and oxygen atoms in total. The van der Waals surface area contributed by atoms with E-state index in [0.29, 0.717) is 0 Å². The van der Waals surface area contributed by atoms with Crippen molar-refractivity contribution in [2.24, 2.45) is 16.6 Å². The molecule has 0 atom stereocenters. The Morgan fingerprint density at radius 2 is 1.27 bits per heavy atom. The van der Waals surface area contributed by atoms with Crippen LogP contribution in [0.3, 0.4) is 0 Å². The van der Waals surface area contributed by atoms with Crippen molar-refractivity contribution < 1.29 is 5.11 Å². The molecule has 0 bridgehead atoms. The van der Waals surface area contributed by atoms with E-state index in [1.54, 1.807) is 0 Å². The highest BCUT2D eigenvalue weighted by Crippen LogP contribution is 2.52. The molecule has 15 heavy (non-hydrogen) atoms. The Morgan fingerprint density at radius 3 is 1.53 bits per heavy atom. The highest BCUT2D eigenvalue weighted by Gasteiger charge is 2.52. The molecule has 0 saturated heterocycles. The van der Waals surface area contributed by atoms with Gasteiger partial charge in [-0.2, -0.15) is 0 Å². The third kappa shape index (κ3) is 2.73. The molecule has 3 N–H and O–H groups in total. The van der Waals surface area contributed by atoms with Crippen LogP contribution in [0.5, 0.6) is 0 Å². The molecule has 1 rings (SSSR count). The van der Waals surface area contributed by atoms with Gasteiger partial charge in [-0.15, -0.1) is 0 Å². The van der Waals surface area contributed by atoms with Crippen LogP contribution >= 0.6 is 0 Å². The predicted octanol–water partition coefficient (Wildman–Crippen LogP) is 2.69. The molecule has 1 fully saturated rings. The fourth-order valence-corrected chi connectivity index (χ4v) is 3.52. The quantitative estimate of drug-likeness (QED) is 0.703. The monoisotopic (exact) mass is 213 g/mol. The highest BCUT2D eigenvalue weighted by molar-refractivity contribution is 5.06. The van der Waals surface area contributed by atoms with Crippen molar-refractivity contribution in [1.82, 2.24) is 0 Å². The van der Waals surface area contributed by atoms with Crippen LogP contribution in [0.15, 0.2) is 0 Å². The molecule has 0 aromatic rings. The second-order valence-electron chi connectivity index (χ2n) is 7.61. The Labute approximate surface area is 94.2 Å². The van der Waals surface area contributed by atoms with Crippen LogP contribution in [0, 0.1) is 10.8 Å². The third-order valence-electron chi connectivity index (χ3n) is 3.70. The molecule has 1 saturated carbocycles. The van der Waals surface area contributed by atoms with Crippen molar-refractivity contribution in [1.29, 1.82) is 0 Å². The van der Waals surface area contributed by atoms with Crippen molar-refractivity contribution in [2.45, 2.75) is 71.9 Å². The topological polar surface area (TPSA) is 46.2 Å². The van der Waals surface area contributed by atoms with Gasteiger partial charge in [0.05, 0.1) is 5.60 Å².